The van der Waals surface area contributed by atoms with Gasteiger partial charge in [0.05, 0.1) is 0 Å². The molecule has 4 heteroatoms. The minimum absolute atomic E-state index is 0. The topological polar surface area (TPSA) is 47.6 Å². The third-order valence-corrected chi connectivity index (χ3v) is 0.625. The van der Waals surface area contributed by atoms with E-state index in [9.17, 15) is 0 Å². The molecule has 2 nitrogen and oxygen atoms in total. The summed E-state index contributed by atoms with van der Waals surface area (Å²) in [5, 5.41) is 0. The molecule has 55 valence electrons. The molecule has 2 N–H and O–H groups in total. The van der Waals surface area contributed by atoms with Crippen LogP contribution >= 0.6 is 0 Å². The van der Waals surface area contributed by atoms with Gasteiger partial charge in [0.1, 0.15) is 0 Å². The number of nitrogens with one attached hydrogen (secondary N) is 2. The molecule has 0 spiro atoms. The van der Waals surface area contributed by atoms with Crippen molar-refractivity contribution in [3.8, 4) is 0 Å². The summed E-state index contributed by atoms with van der Waals surface area (Å²) in [4.78, 5) is 0. The predicted octanol–water partition coefficient (Wildman–Crippen LogP) is 2.33. The molecule has 0 fully saturated rings. The van der Waals surface area contributed by atoms with E-state index in [0.717, 1.165) is 0 Å². The van der Waals surface area contributed by atoms with Crippen LogP contribution in [0, 0.1) is 6.92 Å². The standard InChI is InChI=1S/C5H11N.CH4N.B.Y/c1-4-5(2,3)6;1-2;;/h6H,1,4H2,2-3H3;2H,1H3;;/q-2;-1;;+3. The van der Waals surface area contributed by atoms with Crippen LogP contribution in [0.5, 0.6) is 0 Å². The molecule has 3 radical (unpaired) electrons. The molecule has 0 bridgehead atoms. The molecule has 10 heavy (non-hydrogen) atoms. The largest absolute Gasteiger partial charge is 3.00 e. The average molecular weight is 215 g/mol. The van der Waals surface area contributed by atoms with Crippen LogP contribution in [0.3, 0.4) is 0 Å². The van der Waals surface area contributed by atoms with Crippen LogP contribution in [0.4, 0.5) is 0 Å². The molecule has 0 aromatic carbocycles. The van der Waals surface area contributed by atoms with Crippen LogP contribution in [-0.4, -0.2) is 21.0 Å². The van der Waals surface area contributed by atoms with Crippen molar-refractivity contribution in [3.05, 3.63) is 18.4 Å². The number of rotatable bonds is 1. The summed E-state index contributed by atoms with van der Waals surface area (Å²) in [7, 11) is 1.25. The summed E-state index contributed by atoms with van der Waals surface area (Å²) in [5.41, 5.74) is 12.5. The van der Waals surface area contributed by atoms with E-state index in [-0.39, 0.29) is 46.7 Å². The van der Waals surface area contributed by atoms with E-state index in [1.807, 2.05) is 13.8 Å². The molecule has 0 amide bonds. The second-order valence-corrected chi connectivity index (χ2v) is 2.13. The summed E-state index contributed by atoms with van der Waals surface area (Å²) in [6, 6.07) is 0. The summed E-state index contributed by atoms with van der Waals surface area (Å²) >= 11 is 0. The maximum Gasteiger partial charge on any atom is 3.00 e. The molecule has 0 aliphatic carbocycles. The van der Waals surface area contributed by atoms with Gasteiger partial charge in [0.15, 0.2) is 0 Å². The molecule has 0 rings (SSSR count). The zero-order valence-electron chi connectivity index (χ0n) is 7.07. The van der Waals surface area contributed by atoms with Crippen LogP contribution in [0.2, 0.25) is 0 Å². The van der Waals surface area contributed by atoms with Crippen molar-refractivity contribution in [2.24, 2.45) is 0 Å². The van der Waals surface area contributed by atoms with Crippen molar-refractivity contribution in [2.75, 3.05) is 7.05 Å². The van der Waals surface area contributed by atoms with Crippen LogP contribution < -0.4 is 0 Å². The van der Waals surface area contributed by atoms with Gasteiger partial charge in [0.25, 0.3) is 0 Å². The van der Waals surface area contributed by atoms with Crippen LogP contribution in [0.25, 0.3) is 11.5 Å². The Morgan fingerprint density at radius 3 is 1.40 bits per heavy atom. The van der Waals surface area contributed by atoms with Crippen molar-refractivity contribution < 1.29 is 32.7 Å². The first-order chi connectivity index (χ1) is 3.56. The fraction of sp³-hybridized carbons (Fsp3) is 0.833. The SMILES string of the molecule is C[NH-].[B].[CH2-]CC(C)(C)[NH-].[Y+3]. The molecule has 0 aliphatic rings. The average Bonchev–Trinajstić information content (AvgIpc) is 1.71. The summed E-state index contributed by atoms with van der Waals surface area (Å²) in [5.74, 6) is 0. The molecule has 0 unspecified atom stereocenters. The fourth-order valence-electron chi connectivity index (χ4n) is 0. The van der Waals surface area contributed by atoms with Crippen LogP contribution in [0.1, 0.15) is 20.3 Å². The van der Waals surface area contributed by atoms with Gasteiger partial charge >= 0.3 is 32.7 Å². The molecule has 0 aromatic rings. The molecule has 0 aromatic heterocycles. The summed E-state index contributed by atoms with van der Waals surface area (Å²) < 4.78 is 0. The van der Waals surface area contributed by atoms with E-state index < -0.39 is 0 Å². The maximum atomic E-state index is 7.12. The van der Waals surface area contributed by atoms with Gasteiger partial charge in [-0.1, -0.05) is 13.8 Å². The van der Waals surface area contributed by atoms with Crippen molar-refractivity contribution >= 4 is 8.41 Å². The van der Waals surface area contributed by atoms with Crippen molar-refractivity contribution in [2.45, 2.75) is 25.8 Å². The van der Waals surface area contributed by atoms with Gasteiger partial charge in [-0.3, -0.25) is 0 Å². The second-order valence-electron chi connectivity index (χ2n) is 2.13. The first kappa shape index (κ1) is 22.5. The first-order valence-corrected chi connectivity index (χ1v) is 2.60. The molecule has 0 aliphatic heterocycles. The molecular formula is C6H15BN2Y. The van der Waals surface area contributed by atoms with E-state index >= 15 is 0 Å². The Bertz CT molecular complexity index is 45.5. The third kappa shape index (κ3) is 35.6. The van der Waals surface area contributed by atoms with Gasteiger partial charge in [-0.05, 0) is 0 Å². The third-order valence-electron chi connectivity index (χ3n) is 0.625. The first-order valence-electron chi connectivity index (χ1n) is 2.60. The van der Waals surface area contributed by atoms with Gasteiger partial charge in [-0.2, -0.15) is 19.0 Å². The Kier molecular flexibility index (Phi) is 28.6. The van der Waals surface area contributed by atoms with E-state index in [4.69, 9.17) is 11.5 Å². The Hall–Kier alpha value is 1.09. The van der Waals surface area contributed by atoms with Gasteiger partial charge < -0.3 is 18.4 Å². The van der Waals surface area contributed by atoms with Crippen molar-refractivity contribution in [1.82, 2.24) is 0 Å². The number of hydrogen-bond donors (Lipinski definition) is 0. The monoisotopic (exact) mass is 215 g/mol. The van der Waals surface area contributed by atoms with E-state index in [0.29, 0.717) is 6.42 Å². The van der Waals surface area contributed by atoms with Crippen LogP contribution in [-0.2, 0) is 32.7 Å². The molecular weight excluding hydrogens is 200 g/mol. The minimum atomic E-state index is -0.319. The van der Waals surface area contributed by atoms with Crippen LogP contribution in [0.15, 0.2) is 0 Å². The Balaban J connectivity index is -0.0000000412. The van der Waals surface area contributed by atoms with Gasteiger partial charge in [-0.15, -0.1) is 0 Å². The predicted molar refractivity (Wildman–Crippen MR) is 44.4 cm³/mol. The Morgan fingerprint density at radius 1 is 1.30 bits per heavy atom. The summed E-state index contributed by atoms with van der Waals surface area (Å²) in [6.45, 7) is 7.26. The van der Waals surface area contributed by atoms with Gasteiger partial charge in [-0.25, -0.2) is 0 Å². The quantitative estimate of drug-likeness (QED) is 0.476. The zero-order chi connectivity index (χ0) is 7.21. The van der Waals surface area contributed by atoms with Crippen molar-refractivity contribution in [1.29, 1.82) is 0 Å². The zero-order valence-corrected chi connectivity index (χ0v) is 9.91. The Labute approximate surface area is 92.0 Å². The summed E-state index contributed by atoms with van der Waals surface area (Å²) in [6.07, 6.45) is 0.688. The number of hydrogen-bond acceptors (Lipinski definition) is 0. The molecule has 0 atom stereocenters. The van der Waals surface area contributed by atoms with E-state index in [1.165, 1.54) is 7.05 Å². The van der Waals surface area contributed by atoms with E-state index in [2.05, 4.69) is 6.92 Å². The van der Waals surface area contributed by atoms with Gasteiger partial charge in [0, 0.05) is 8.41 Å². The smallest absolute Gasteiger partial charge is 0.680 e. The van der Waals surface area contributed by atoms with Crippen molar-refractivity contribution in [3.63, 3.8) is 0 Å². The Morgan fingerprint density at radius 2 is 1.40 bits per heavy atom. The molecule has 0 heterocycles. The molecule has 0 saturated carbocycles. The van der Waals surface area contributed by atoms with E-state index in [1.54, 1.807) is 0 Å². The maximum absolute atomic E-state index is 7.12. The second kappa shape index (κ2) is 12.7. The minimum Gasteiger partial charge on any atom is -0.680 e. The normalized spacial score (nSPS) is 7.80. The fourth-order valence-corrected chi connectivity index (χ4v) is 0. The van der Waals surface area contributed by atoms with Gasteiger partial charge in [0.2, 0.25) is 0 Å². The molecule has 0 saturated heterocycles.